The smallest absolute Gasteiger partial charge is 0.340 e. The number of benzene rings is 1. The molecule has 0 amide bonds. The molecule has 3 rings (SSSR count). The summed E-state index contributed by atoms with van der Waals surface area (Å²) in [6.45, 7) is 2.52. The number of carboxylic acids is 1. The van der Waals surface area contributed by atoms with E-state index in [2.05, 4.69) is 5.10 Å². The van der Waals surface area contributed by atoms with Crippen molar-refractivity contribution in [3.8, 4) is 0 Å². The molecule has 1 aliphatic carbocycles. The van der Waals surface area contributed by atoms with Crippen LogP contribution in [0.1, 0.15) is 45.9 Å². The number of aryl methyl sites for hydroxylation is 1. The summed E-state index contributed by atoms with van der Waals surface area (Å²) in [5, 5.41) is 13.9. The second-order valence-electron chi connectivity index (χ2n) is 5.27. The number of carboxylic acid groups (broad SMARTS) is 1. The van der Waals surface area contributed by atoms with Gasteiger partial charge < -0.3 is 5.11 Å². The molecule has 0 unspecified atom stereocenters. The Bertz CT molecular complexity index is 657. The normalized spacial score (nSPS) is 14.5. The number of aromatic nitrogens is 2. The van der Waals surface area contributed by atoms with Crippen LogP contribution in [0.15, 0.2) is 24.3 Å². The number of halogens is 1. The van der Waals surface area contributed by atoms with Crippen LogP contribution in [0.5, 0.6) is 0 Å². The highest BCUT2D eigenvalue weighted by Crippen LogP contribution is 2.42. The number of nitrogens with zero attached hydrogens (tertiary/aromatic N) is 2. The topological polar surface area (TPSA) is 55.1 Å². The van der Waals surface area contributed by atoms with Gasteiger partial charge in [-0.15, -0.1) is 0 Å². The predicted octanol–water partition coefficient (Wildman–Crippen LogP) is 3.47. The third-order valence-corrected chi connectivity index (χ3v) is 3.93. The van der Waals surface area contributed by atoms with Crippen molar-refractivity contribution in [2.75, 3.05) is 0 Å². The summed E-state index contributed by atoms with van der Waals surface area (Å²) in [7, 11) is 0. The summed E-state index contributed by atoms with van der Waals surface area (Å²) in [6.07, 6.45) is 2.00. The molecule has 1 fully saturated rings. The van der Waals surface area contributed by atoms with Gasteiger partial charge in [0.05, 0.1) is 12.2 Å². The van der Waals surface area contributed by atoms with Crippen molar-refractivity contribution in [2.24, 2.45) is 0 Å². The zero-order valence-electron chi connectivity index (χ0n) is 11.1. The Morgan fingerprint density at radius 1 is 1.40 bits per heavy atom. The zero-order valence-corrected chi connectivity index (χ0v) is 11.9. The molecule has 0 atom stereocenters. The highest BCUT2D eigenvalue weighted by atomic mass is 35.5. The van der Waals surface area contributed by atoms with E-state index in [0.717, 1.165) is 18.4 Å². The Labute approximate surface area is 122 Å². The minimum Gasteiger partial charge on any atom is -0.478 e. The first kappa shape index (κ1) is 13.2. The van der Waals surface area contributed by atoms with Gasteiger partial charge in [-0.3, -0.25) is 0 Å². The van der Waals surface area contributed by atoms with Crippen LogP contribution < -0.4 is 0 Å². The van der Waals surface area contributed by atoms with Crippen LogP contribution >= 0.6 is 11.6 Å². The van der Waals surface area contributed by atoms with E-state index in [4.69, 9.17) is 11.6 Å². The SMILES string of the molecule is Cc1ccc(Cn2nc(C3CC3)c(C(=O)O)c2Cl)cc1. The molecule has 1 N–H and O–H groups in total. The number of aromatic carboxylic acids is 1. The van der Waals surface area contributed by atoms with Crippen molar-refractivity contribution in [3.05, 3.63) is 51.8 Å². The summed E-state index contributed by atoms with van der Waals surface area (Å²) in [5.41, 5.74) is 3.04. The van der Waals surface area contributed by atoms with Crippen molar-refractivity contribution in [2.45, 2.75) is 32.2 Å². The van der Waals surface area contributed by atoms with E-state index in [0.29, 0.717) is 12.2 Å². The third kappa shape index (κ3) is 2.43. The standard InChI is InChI=1S/C15H15ClN2O2/c1-9-2-4-10(5-3-9)8-18-14(16)12(15(19)20)13(17-18)11-6-7-11/h2-5,11H,6-8H2,1H3,(H,19,20). The van der Waals surface area contributed by atoms with Crippen LogP contribution in [-0.2, 0) is 6.54 Å². The number of hydrogen-bond acceptors (Lipinski definition) is 2. The Morgan fingerprint density at radius 2 is 2.05 bits per heavy atom. The lowest BCUT2D eigenvalue weighted by atomic mass is 10.1. The fourth-order valence-electron chi connectivity index (χ4n) is 2.27. The number of carbonyl (C=O) groups is 1. The van der Waals surface area contributed by atoms with Crippen LogP contribution in [0.25, 0.3) is 0 Å². The molecule has 1 saturated carbocycles. The highest BCUT2D eigenvalue weighted by molar-refractivity contribution is 6.32. The summed E-state index contributed by atoms with van der Waals surface area (Å²) in [4.78, 5) is 11.3. The van der Waals surface area contributed by atoms with Crippen LogP contribution in [0, 0.1) is 6.92 Å². The molecule has 1 aromatic heterocycles. The minimum absolute atomic E-state index is 0.168. The average molecular weight is 291 g/mol. The van der Waals surface area contributed by atoms with Crippen LogP contribution in [0.2, 0.25) is 5.15 Å². The Hall–Kier alpha value is -1.81. The molecular formula is C15H15ClN2O2. The minimum atomic E-state index is -0.993. The van der Waals surface area contributed by atoms with Gasteiger partial charge in [-0.25, -0.2) is 9.48 Å². The first-order valence-electron chi connectivity index (χ1n) is 6.61. The van der Waals surface area contributed by atoms with Crippen LogP contribution in [0.4, 0.5) is 0 Å². The molecule has 0 bridgehead atoms. The van der Waals surface area contributed by atoms with E-state index >= 15 is 0 Å². The largest absolute Gasteiger partial charge is 0.478 e. The summed E-state index contributed by atoms with van der Waals surface area (Å²) < 4.78 is 1.59. The van der Waals surface area contributed by atoms with Crippen molar-refractivity contribution in [3.63, 3.8) is 0 Å². The van der Waals surface area contributed by atoms with Crippen molar-refractivity contribution in [1.82, 2.24) is 9.78 Å². The molecule has 104 valence electrons. The Morgan fingerprint density at radius 3 is 2.60 bits per heavy atom. The maximum absolute atomic E-state index is 11.3. The van der Waals surface area contributed by atoms with E-state index in [1.165, 1.54) is 5.56 Å². The fourth-order valence-corrected chi connectivity index (χ4v) is 2.55. The van der Waals surface area contributed by atoms with Crippen molar-refractivity contribution in [1.29, 1.82) is 0 Å². The van der Waals surface area contributed by atoms with Gasteiger partial charge in [0.2, 0.25) is 0 Å². The molecule has 5 heteroatoms. The summed E-state index contributed by atoms with van der Waals surface area (Å²) in [5.74, 6) is -0.732. The van der Waals surface area contributed by atoms with E-state index in [-0.39, 0.29) is 16.6 Å². The van der Waals surface area contributed by atoms with Crippen molar-refractivity contribution < 1.29 is 9.90 Å². The first-order chi connectivity index (χ1) is 9.56. The molecule has 0 aliphatic heterocycles. The Kier molecular flexibility index (Phi) is 3.26. The van der Waals surface area contributed by atoms with Crippen LogP contribution in [0.3, 0.4) is 0 Å². The third-order valence-electron chi connectivity index (χ3n) is 3.55. The van der Waals surface area contributed by atoms with Crippen molar-refractivity contribution >= 4 is 17.6 Å². The van der Waals surface area contributed by atoms with Gasteiger partial charge in [0.15, 0.2) is 0 Å². The molecule has 0 radical (unpaired) electrons. The van der Waals surface area contributed by atoms with Gasteiger partial charge in [-0.1, -0.05) is 41.4 Å². The van der Waals surface area contributed by atoms with E-state index in [1.807, 2.05) is 31.2 Å². The molecule has 0 spiro atoms. The number of rotatable bonds is 4. The lowest BCUT2D eigenvalue weighted by Crippen LogP contribution is -2.03. The van der Waals surface area contributed by atoms with Gasteiger partial charge >= 0.3 is 5.97 Å². The fraction of sp³-hybridized carbons (Fsp3) is 0.333. The second-order valence-corrected chi connectivity index (χ2v) is 5.63. The molecule has 20 heavy (non-hydrogen) atoms. The molecule has 4 nitrogen and oxygen atoms in total. The molecule has 1 aliphatic rings. The highest BCUT2D eigenvalue weighted by Gasteiger charge is 2.34. The second kappa shape index (κ2) is 4.94. The lowest BCUT2D eigenvalue weighted by Gasteiger charge is -2.04. The quantitative estimate of drug-likeness (QED) is 0.938. The monoisotopic (exact) mass is 290 g/mol. The molecule has 1 aromatic carbocycles. The van der Waals surface area contributed by atoms with Gasteiger partial charge in [0.25, 0.3) is 0 Å². The van der Waals surface area contributed by atoms with Gasteiger partial charge in [0.1, 0.15) is 10.7 Å². The van der Waals surface area contributed by atoms with E-state index < -0.39 is 5.97 Å². The molecule has 1 heterocycles. The molecule has 0 saturated heterocycles. The first-order valence-corrected chi connectivity index (χ1v) is 6.99. The van der Waals surface area contributed by atoms with E-state index in [9.17, 15) is 9.90 Å². The Balaban J connectivity index is 1.95. The molecular weight excluding hydrogens is 276 g/mol. The van der Waals surface area contributed by atoms with Crippen LogP contribution in [-0.4, -0.2) is 20.9 Å². The average Bonchev–Trinajstić information content (AvgIpc) is 3.18. The van der Waals surface area contributed by atoms with Gasteiger partial charge in [0, 0.05) is 5.92 Å². The summed E-state index contributed by atoms with van der Waals surface area (Å²) in [6, 6.07) is 8.05. The lowest BCUT2D eigenvalue weighted by molar-refractivity contribution is 0.0695. The maximum Gasteiger partial charge on any atom is 0.340 e. The number of hydrogen-bond donors (Lipinski definition) is 1. The maximum atomic E-state index is 11.3. The summed E-state index contributed by atoms with van der Waals surface area (Å²) >= 11 is 6.20. The van der Waals surface area contributed by atoms with Gasteiger partial charge in [-0.2, -0.15) is 5.10 Å². The predicted molar refractivity (Wildman–Crippen MR) is 76.5 cm³/mol. The zero-order chi connectivity index (χ0) is 14.3. The van der Waals surface area contributed by atoms with Gasteiger partial charge in [-0.05, 0) is 25.3 Å². The molecule has 2 aromatic rings. The van der Waals surface area contributed by atoms with E-state index in [1.54, 1.807) is 4.68 Å².